The lowest BCUT2D eigenvalue weighted by molar-refractivity contribution is -0.0651. The van der Waals surface area contributed by atoms with E-state index >= 15 is 0 Å². The first-order valence-corrected chi connectivity index (χ1v) is 15.2. The van der Waals surface area contributed by atoms with Crippen LogP contribution < -0.4 is 10.2 Å². The normalized spacial score (nSPS) is 22.7. The highest BCUT2D eigenvalue weighted by molar-refractivity contribution is 6.13. The molecular weight excluding hydrogens is 526 g/mol. The molecule has 4 nitrogen and oxygen atoms in total. The van der Waals surface area contributed by atoms with Gasteiger partial charge in [0.05, 0.1) is 29.7 Å². The summed E-state index contributed by atoms with van der Waals surface area (Å²) in [5.74, 6) is 0.271. The standard InChI is InChI=1S/C39H29N3O/c1-3-11-24(12-4-1)41-31-17-9-7-15-28(31)35-33(41)21-19-26-27-20-22-34-36(38(27)40-30-23-43-39(30)37(26)35)29-16-8-10-18-32(29)42(34)25-13-5-2-6-14-25/h1-22,29-30,32,39-40H,23H2. The summed E-state index contributed by atoms with van der Waals surface area (Å²) in [6.45, 7) is 0.702. The SMILES string of the molecule is C1=CC2c3c(ccc4c3NC3COC3c3c-4ccc4c3c3ccccc3n4-c3ccccc3)N(c3ccccc3)C2C=C1. The Morgan fingerprint density at radius 3 is 2.21 bits per heavy atom. The van der Waals surface area contributed by atoms with Crippen LogP contribution in [0.15, 0.2) is 133 Å². The quantitative estimate of drug-likeness (QED) is 0.231. The van der Waals surface area contributed by atoms with Gasteiger partial charge in [0.2, 0.25) is 0 Å². The van der Waals surface area contributed by atoms with Gasteiger partial charge in [-0.1, -0.05) is 91.0 Å². The summed E-state index contributed by atoms with van der Waals surface area (Å²) in [6, 6.07) is 40.1. The first-order valence-electron chi connectivity index (χ1n) is 15.2. The van der Waals surface area contributed by atoms with Crippen LogP contribution in [0.25, 0.3) is 38.6 Å². The summed E-state index contributed by atoms with van der Waals surface area (Å²) in [5, 5.41) is 6.61. The molecule has 0 bridgehead atoms. The lowest BCUT2D eigenvalue weighted by atomic mass is 9.86. The molecule has 1 fully saturated rings. The number of nitrogens with one attached hydrogen (secondary N) is 1. The van der Waals surface area contributed by atoms with Gasteiger partial charge in [-0.05, 0) is 48.0 Å². The maximum atomic E-state index is 6.45. The lowest BCUT2D eigenvalue weighted by Gasteiger charge is -2.38. The Morgan fingerprint density at radius 1 is 0.651 bits per heavy atom. The van der Waals surface area contributed by atoms with E-state index in [9.17, 15) is 0 Å². The first kappa shape index (κ1) is 23.5. The molecule has 6 aromatic rings. The Hall–Kier alpha value is -5.06. The monoisotopic (exact) mass is 555 g/mol. The minimum Gasteiger partial charge on any atom is -0.376 e. The zero-order valence-electron chi connectivity index (χ0n) is 23.5. The minimum atomic E-state index is -0.0130. The van der Waals surface area contributed by atoms with E-state index in [2.05, 4.69) is 148 Å². The lowest BCUT2D eigenvalue weighted by Crippen LogP contribution is -2.43. The van der Waals surface area contributed by atoms with Crippen LogP contribution in [0.1, 0.15) is 23.1 Å². The number of aromatic nitrogens is 1. The van der Waals surface area contributed by atoms with Crippen molar-refractivity contribution >= 4 is 38.9 Å². The Morgan fingerprint density at radius 2 is 1.40 bits per heavy atom. The maximum Gasteiger partial charge on any atom is 0.106 e. The van der Waals surface area contributed by atoms with E-state index in [-0.39, 0.29) is 24.1 Å². The Balaban J connectivity index is 1.26. The van der Waals surface area contributed by atoms with Crippen molar-refractivity contribution in [1.29, 1.82) is 0 Å². The maximum absolute atomic E-state index is 6.45. The number of nitrogens with zero attached hydrogens (tertiary/aromatic N) is 2. The molecule has 1 aliphatic carbocycles. The third kappa shape index (κ3) is 3.13. The van der Waals surface area contributed by atoms with Gasteiger partial charge in [-0.2, -0.15) is 0 Å². The first-order chi connectivity index (χ1) is 21.4. The van der Waals surface area contributed by atoms with Gasteiger partial charge in [-0.25, -0.2) is 0 Å². The van der Waals surface area contributed by atoms with Crippen LogP contribution in [-0.2, 0) is 4.74 Å². The summed E-state index contributed by atoms with van der Waals surface area (Å²) < 4.78 is 8.86. The summed E-state index contributed by atoms with van der Waals surface area (Å²) >= 11 is 0. The fourth-order valence-electron chi connectivity index (χ4n) is 8.05. The minimum absolute atomic E-state index is 0.0130. The van der Waals surface area contributed by atoms with Gasteiger partial charge in [0.15, 0.2) is 0 Å². The average molecular weight is 556 g/mol. The Kier molecular flexibility index (Phi) is 4.77. The van der Waals surface area contributed by atoms with E-state index in [0.29, 0.717) is 6.61 Å². The number of rotatable bonds is 2. The van der Waals surface area contributed by atoms with Crippen molar-refractivity contribution in [1.82, 2.24) is 4.57 Å². The molecule has 43 heavy (non-hydrogen) atoms. The fraction of sp³-hybridized carbons (Fsp3) is 0.128. The highest BCUT2D eigenvalue weighted by Gasteiger charge is 2.45. The molecule has 4 unspecified atom stereocenters. The van der Waals surface area contributed by atoms with Gasteiger partial charge in [-0.15, -0.1) is 0 Å². The van der Waals surface area contributed by atoms with Crippen LogP contribution in [0.5, 0.6) is 0 Å². The molecule has 0 amide bonds. The number of para-hydroxylation sites is 3. The average Bonchev–Trinajstić information content (AvgIpc) is 3.54. The van der Waals surface area contributed by atoms with Crippen LogP contribution in [-0.4, -0.2) is 23.3 Å². The molecule has 206 valence electrons. The molecule has 4 heterocycles. The number of hydrogen-bond donors (Lipinski definition) is 1. The Labute approximate surface area is 250 Å². The van der Waals surface area contributed by atoms with Crippen LogP contribution in [0.4, 0.5) is 17.1 Å². The van der Waals surface area contributed by atoms with Crippen LogP contribution in [0.2, 0.25) is 0 Å². The molecule has 4 aliphatic rings. The van der Waals surface area contributed by atoms with E-state index < -0.39 is 0 Å². The predicted octanol–water partition coefficient (Wildman–Crippen LogP) is 9.05. The van der Waals surface area contributed by atoms with Gasteiger partial charge < -0.3 is 19.5 Å². The van der Waals surface area contributed by atoms with Crippen LogP contribution in [0.3, 0.4) is 0 Å². The van der Waals surface area contributed by atoms with Gasteiger partial charge in [0.1, 0.15) is 6.10 Å². The summed E-state index contributed by atoms with van der Waals surface area (Å²) in [5.41, 5.74) is 12.6. The van der Waals surface area contributed by atoms with Crippen LogP contribution >= 0.6 is 0 Å². The van der Waals surface area contributed by atoms with Crippen molar-refractivity contribution in [2.75, 3.05) is 16.8 Å². The van der Waals surface area contributed by atoms with Crippen molar-refractivity contribution in [2.45, 2.75) is 24.1 Å². The van der Waals surface area contributed by atoms with E-state index in [0.717, 1.165) is 0 Å². The summed E-state index contributed by atoms with van der Waals surface area (Å²) in [4.78, 5) is 2.51. The molecule has 10 rings (SSSR count). The van der Waals surface area contributed by atoms with Crippen molar-refractivity contribution < 1.29 is 4.74 Å². The molecule has 0 saturated carbocycles. The number of ether oxygens (including phenoxy) is 1. The Bertz CT molecular complexity index is 2140. The van der Waals surface area contributed by atoms with Gasteiger partial charge in [0, 0.05) is 56.1 Å². The largest absolute Gasteiger partial charge is 0.376 e. The second-order valence-electron chi connectivity index (χ2n) is 12.0. The highest BCUT2D eigenvalue weighted by atomic mass is 16.5. The van der Waals surface area contributed by atoms with Crippen molar-refractivity contribution in [3.05, 3.63) is 145 Å². The zero-order valence-corrected chi connectivity index (χ0v) is 23.5. The summed E-state index contributed by atoms with van der Waals surface area (Å²) in [6.07, 6.45) is 9.12. The number of hydrogen-bond acceptors (Lipinski definition) is 3. The second-order valence-corrected chi connectivity index (χ2v) is 12.0. The van der Waals surface area contributed by atoms with E-state index in [1.54, 1.807) is 0 Å². The highest BCUT2D eigenvalue weighted by Crippen LogP contribution is 2.57. The predicted molar refractivity (Wildman–Crippen MR) is 176 cm³/mol. The fourth-order valence-corrected chi connectivity index (χ4v) is 8.05. The third-order valence-corrected chi connectivity index (χ3v) is 9.87. The molecule has 5 aromatic carbocycles. The van der Waals surface area contributed by atoms with Crippen molar-refractivity contribution in [3.8, 4) is 16.8 Å². The number of anilines is 3. The number of allylic oxidation sites excluding steroid dienone is 2. The second kappa shape index (κ2) is 8.73. The van der Waals surface area contributed by atoms with Crippen LogP contribution in [0, 0.1) is 0 Å². The molecule has 4 heteroatoms. The molecule has 0 radical (unpaired) electrons. The molecule has 1 saturated heterocycles. The zero-order chi connectivity index (χ0) is 28.1. The summed E-state index contributed by atoms with van der Waals surface area (Å²) in [7, 11) is 0. The van der Waals surface area contributed by atoms with E-state index in [1.807, 2.05) is 0 Å². The van der Waals surface area contributed by atoms with Gasteiger partial charge in [-0.3, -0.25) is 0 Å². The topological polar surface area (TPSA) is 29.4 Å². The molecule has 4 atom stereocenters. The van der Waals surface area contributed by atoms with Crippen molar-refractivity contribution in [2.24, 2.45) is 0 Å². The molecule has 3 aliphatic heterocycles. The molecular formula is C39H29N3O. The molecule has 0 spiro atoms. The van der Waals surface area contributed by atoms with E-state index in [4.69, 9.17) is 4.74 Å². The van der Waals surface area contributed by atoms with E-state index in [1.165, 1.54) is 66.8 Å². The smallest absolute Gasteiger partial charge is 0.106 e. The third-order valence-electron chi connectivity index (χ3n) is 9.87. The van der Waals surface area contributed by atoms with Gasteiger partial charge in [0.25, 0.3) is 0 Å². The number of fused-ring (bicyclic) bond motifs is 13. The number of benzene rings is 5. The van der Waals surface area contributed by atoms with Gasteiger partial charge >= 0.3 is 0 Å². The van der Waals surface area contributed by atoms with Crippen molar-refractivity contribution in [3.63, 3.8) is 0 Å². The molecule has 1 aromatic heterocycles. The molecule has 1 N–H and O–H groups in total.